The van der Waals surface area contributed by atoms with Crippen LogP contribution < -0.4 is 5.32 Å². The molecule has 0 saturated carbocycles. The number of thioether (sulfide) groups is 1. The van der Waals surface area contributed by atoms with Crippen molar-refractivity contribution in [2.45, 2.75) is 19.1 Å². The number of rotatable bonds is 7. The summed E-state index contributed by atoms with van der Waals surface area (Å²) in [6.07, 6.45) is 2.77. The second-order valence-electron chi connectivity index (χ2n) is 4.49. The normalized spacial score (nSPS) is 10.8. The van der Waals surface area contributed by atoms with Gasteiger partial charge < -0.3 is 10.1 Å². The molecule has 8 heteroatoms. The first-order valence-corrected chi connectivity index (χ1v) is 7.88. The van der Waals surface area contributed by atoms with Crippen LogP contribution >= 0.6 is 11.8 Å². The third kappa shape index (κ3) is 3.84. The van der Waals surface area contributed by atoms with Crippen LogP contribution in [0.25, 0.3) is 11.0 Å². The number of carbonyl (C=O) groups excluding carboxylic acids is 1. The molecule has 0 aliphatic carbocycles. The number of ether oxygens (including phenoxy) is 1. The van der Waals surface area contributed by atoms with Crippen molar-refractivity contribution in [1.82, 2.24) is 19.7 Å². The van der Waals surface area contributed by atoms with Gasteiger partial charge in [-0.2, -0.15) is 5.10 Å². The van der Waals surface area contributed by atoms with E-state index in [1.807, 2.05) is 7.05 Å². The van der Waals surface area contributed by atoms with Gasteiger partial charge in [-0.1, -0.05) is 6.92 Å². The van der Waals surface area contributed by atoms with Crippen LogP contribution in [-0.4, -0.2) is 45.1 Å². The molecule has 0 fully saturated rings. The monoisotopic (exact) mass is 309 g/mol. The molecule has 0 aromatic carbocycles. The van der Waals surface area contributed by atoms with Crippen LogP contribution in [0.4, 0.5) is 5.82 Å². The molecule has 0 spiro atoms. The van der Waals surface area contributed by atoms with Gasteiger partial charge in [0.1, 0.15) is 11.6 Å². The molecule has 0 radical (unpaired) electrons. The Bertz CT molecular complexity index is 628. The minimum absolute atomic E-state index is 0.244. The number of aryl methyl sites for hydroxylation is 1. The van der Waals surface area contributed by atoms with Crippen LogP contribution in [0, 0.1) is 0 Å². The van der Waals surface area contributed by atoms with Gasteiger partial charge in [-0.05, 0) is 6.42 Å². The van der Waals surface area contributed by atoms with Crippen molar-refractivity contribution in [2.24, 2.45) is 7.05 Å². The molecule has 7 nitrogen and oxygen atoms in total. The maximum atomic E-state index is 11.1. The number of fused-ring (bicyclic) bond motifs is 1. The summed E-state index contributed by atoms with van der Waals surface area (Å²) in [7, 11) is 3.23. The van der Waals surface area contributed by atoms with Crippen molar-refractivity contribution in [2.75, 3.05) is 24.7 Å². The second-order valence-corrected chi connectivity index (χ2v) is 5.48. The van der Waals surface area contributed by atoms with E-state index in [4.69, 9.17) is 0 Å². The molecule has 0 bridgehead atoms. The topological polar surface area (TPSA) is 81.9 Å². The molecular weight excluding hydrogens is 290 g/mol. The Hall–Kier alpha value is -1.83. The molecule has 2 heterocycles. The first-order chi connectivity index (χ1) is 10.2. The molecule has 1 N–H and O–H groups in total. The summed E-state index contributed by atoms with van der Waals surface area (Å²) in [6, 6.07) is 0. The first kappa shape index (κ1) is 15.6. The lowest BCUT2D eigenvalue weighted by atomic mass is 10.3. The fourth-order valence-corrected chi connectivity index (χ4v) is 2.49. The van der Waals surface area contributed by atoms with Crippen molar-refractivity contribution in [3.8, 4) is 0 Å². The van der Waals surface area contributed by atoms with Gasteiger partial charge in [-0.25, -0.2) is 9.97 Å². The summed E-state index contributed by atoms with van der Waals surface area (Å²) < 4.78 is 6.34. The van der Waals surface area contributed by atoms with Crippen LogP contribution in [-0.2, 0) is 22.3 Å². The van der Waals surface area contributed by atoms with E-state index in [0.29, 0.717) is 17.3 Å². The average Bonchev–Trinajstić information content (AvgIpc) is 2.86. The number of nitrogens with one attached hydrogen (secondary N) is 1. The number of hydrogen-bond acceptors (Lipinski definition) is 7. The smallest absolute Gasteiger partial charge is 0.315 e. The zero-order valence-corrected chi connectivity index (χ0v) is 13.2. The van der Waals surface area contributed by atoms with Crippen molar-refractivity contribution in [3.05, 3.63) is 12.0 Å². The van der Waals surface area contributed by atoms with Crippen molar-refractivity contribution >= 4 is 34.6 Å². The molecule has 0 atom stereocenters. The van der Waals surface area contributed by atoms with E-state index >= 15 is 0 Å². The van der Waals surface area contributed by atoms with Crippen LogP contribution in [0.5, 0.6) is 0 Å². The van der Waals surface area contributed by atoms with Crippen molar-refractivity contribution in [3.63, 3.8) is 0 Å². The molecule has 0 saturated heterocycles. The molecule has 0 amide bonds. The highest BCUT2D eigenvalue weighted by molar-refractivity contribution is 7.99. The number of esters is 1. The van der Waals surface area contributed by atoms with Gasteiger partial charge in [0.2, 0.25) is 0 Å². The maximum absolute atomic E-state index is 11.1. The summed E-state index contributed by atoms with van der Waals surface area (Å²) in [5, 5.41) is 8.43. The first-order valence-electron chi connectivity index (χ1n) is 6.72. The number of nitrogens with zero attached hydrogens (tertiary/aromatic N) is 4. The highest BCUT2D eigenvalue weighted by atomic mass is 32.2. The Kier molecular flexibility index (Phi) is 5.38. The summed E-state index contributed by atoms with van der Waals surface area (Å²) in [5.74, 6) is 2.08. The van der Waals surface area contributed by atoms with Crippen LogP contribution in [0.3, 0.4) is 0 Å². The van der Waals surface area contributed by atoms with Gasteiger partial charge in [-0.3, -0.25) is 9.48 Å². The summed E-state index contributed by atoms with van der Waals surface area (Å²) in [4.78, 5) is 20.2. The summed E-state index contributed by atoms with van der Waals surface area (Å²) in [5.41, 5.74) is 0.789. The Labute approximate surface area is 127 Å². The second kappa shape index (κ2) is 7.26. The lowest BCUT2D eigenvalue weighted by molar-refractivity contribution is -0.137. The third-order valence-corrected chi connectivity index (χ3v) is 3.76. The van der Waals surface area contributed by atoms with Gasteiger partial charge in [0.15, 0.2) is 5.65 Å². The maximum Gasteiger partial charge on any atom is 0.315 e. The van der Waals surface area contributed by atoms with Gasteiger partial charge in [0.05, 0.1) is 30.2 Å². The fourth-order valence-electron chi connectivity index (χ4n) is 1.79. The molecule has 114 valence electrons. The number of anilines is 1. The lowest BCUT2D eigenvalue weighted by Crippen LogP contribution is -2.07. The zero-order chi connectivity index (χ0) is 15.2. The van der Waals surface area contributed by atoms with E-state index in [2.05, 4.69) is 32.0 Å². The highest BCUT2D eigenvalue weighted by Crippen LogP contribution is 2.21. The van der Waals surface area contributed by atoms with E-state index in [-0.39, 0.29) is 5.97 Å². The van der Waals surface area contributed by atoms with E-state index in [1.165, 1.54) is 18.9 Å². The van der Waals surface area contributed by atoms with E-state index in [9.17, 15) is 4.79 Å². The number of methoxy groups -OCH3 is 1. The lowest BCUT2D eigenvalue weighted by Gasteiger charge is -2.08. The molecule has 0 aliphatic heterocycles. The largest absolute Gasteiger partial charge is 0.468 e. The molecule has 21 heavy (non-hydrogen) atoms. The average molecular weight is 309 g/mol. The highest BCUT2D eigenvalue weighted by Gasteiger charge is 2.11. The van der Waals surface area contributed by atoms with E-state index in [1.54, 1.807) is 10.9 Å². The Balaban J connectivity index is 2.19. The molecular formula is C13H19N5O2S. The third-order valence-electron chi connectivity index (χ3n) is 2.86. The zero-order valence-electron chi connectivity index (χ0n) is 12.4. The molecule has 2 rings (SSSR count). The van der Waals surface area contributed by atoms with Crippen molar-refractivity contribution in [1.29, 1.82) is 0 Å². The SMILES string of the molecule is CCCNc1nc(CSCC(=O)OC)nc2c1cnn2C. The van der Waals surface area contributed by atoms with Crippen LogP contribution in [0.2, 0.25) is 0 Å². The standard InChI is InChI=1S/C13H19N5O2S/c1-4-5-14-12-9-6-15-18(2)13(9)17-10(16-12)7-21-8-11(19)20-3/h6H,4-5,7-8H2,1-3H3,(H,14,16,17). The van der Waals surface area contributed by atoms with E-state index < -0.39 is 0 Å². The predicted octanol–water partition coefficient (Wildman–Crippen LogP) is 1.59. The molecule has 2 aromatic rings. The summed E-state index contributed by atoms with van der Waals surface area (Å²) in [6.45, 7) is 2.94. The van der Waals surface area contributed by atoms with E-state index in [0.717, 1.165) is 29.8 Å². The van der Waals surface area contributed by atoms with Crippen LogP contribution in [0.1, 0.15) is 19.2 Å². The molecule has 2 aromatic heterocycles. The van der Waals surface area contributed by atoms with Gasteiger partial charge in [-0.15, -0.1) is 11.8 Å². The Morgan fingerprint density at radius 2 is 2.29 bits per heavy atom. The fraction of sp³-hybridized carbons (Fsp3) is 0.538. The van der Waals surface area contributed by atoms with Gasteiger partial charge in [0.25, 0.3) is 0 Å². The minimum atomic E-state index is -0.244. The molecule has 0 aliphatic rings. The van der Waals surface area contributed by atoms with Gasteiger partial charge >= 0.3 is 5.97 Å². The van der Waals surface area contributed by atoms with Crippen LogP contribution in [0.15, 0.2) is 6.20 Å². The number of carbonyl (C=O) groups is 1. The van der Waals surface area contributed by atoms with Crippen molar-refractivity contribution < 1.29 is 9.53 Å². The predicted molar refractivity (Wildman–Crippen MR) is 83.3 cm³/mol. The number of aromatic nitrogens is 4. The Morgan fingerprint density at radius 3 is 3.00 bits per heavy atom. The van der Waals surface area contributed by atoms with Gasteiger partial charge in [0, 0.05) is 13.6 Å². The molecule has 0 unspecified atom stereocenters. The quantitative estimate of drug-likeness (QED) is 0.778. The Morgan fingerprint density at radius 1 is 1.48 bits per heavy atom. The number of hydrogen-bond donors (Lipinski definition) is 1. The minimum Gasteiger partial charge on any atom is -0.468 e. The summed E-state index contributed by atoms with van der Waals surface area (Å²) >= 11 is 1.43.